The normalized spacial score (nSPS) is 10.9. The highest BCUT2D eigenvalue weighted by molar-refractivity contribution is 5.15. The van der Waals surface area contributed by atoms with Gasteiger partial charge < -0.3 is 0 Å². The maximum absolute atomic E-state index is 11.9. The Morgan fingerprint density at radius 2 is 1.81 bits per heavy atom. The smallest absolute Gasteiger partial charge is 0.297 e. The van der Waals surface area contributed by atoms with Gasteiger partial charge in [-0.2, -0.15) is 0 Å². The van der Waals surface area contributed by atoms with E-state index >= 15 is 0 Å². The van der Waals surface area contributed by atoms with Gasteiger partial charge in [-0.25, -0.2) is 4.79 Å². The van der Waals surface area contributed by atoms with Gasteiger partial charge in [-0.15, -0.1) is 0 Å². The van der Waals surface area contributed by atoms with E-state index in [1.807, 2.05) is 56.6 Å². The van der Waals surface area contributed by atoms with E-state index in [1.165, 1.54) is 0 Å². The van der Waals surface area contributed by atoms with E-state index in [0.717, 1.165) is 5.56 Å². The van der Waals surface area contributed by atoms with Crippen molar-refractivity contribution in [2.45, 2.75) is 26.4 Å². The molecule has 0 amide bonds. The molecule has 0 bridgehead atoms. The molecule has 3 nitrogen and oxygen atoms in total. The summed E-state index contributed by atoms with van der Waals surface area (Å²) < 4.78 is 3.47. The number of hydrogen-bond acceptors (Lipinski definition) is 1. The van der Waals surface area contributed by atoms with E-state index in [-0.39, 0.29) is 11.7 Å². The Kier molecular flexibility index (Phi) is 2.95. The molecule has 1 heterocycles. The minimum atomic E-state index is 0.0545. The van der Waals surface area contributed by atoms with E-state index in [2.05, 4.69) is 0 Å². The van der Waals surface area contributed by atoms with Crippen LogP contribution in [0.4, 0.5) is 0 Å². The lowest BCUT2D eigenvalue weighted by atomic mass is 10.2. The number of benzene rings is 1. The summed E-state index contributed by atoms with van der Waals surface area (Å²) in [4.78, 5) is 11.9. The maximum atomic E-state index is 11.9. The number of nitrogens with zero attached hydrogens (tertiary/aromatic N) is 2. The zero-order valence-corrected chi connectivity index (χ0v) is 9.63. The van der Waals surface area contributed by atoms with Crippen LogP contribution in [0.2, 0.25) is 0 Å². The summed E-state index contributed by atoms with van der Waals surface area (Å²) in [6.45, 7) is 4.65. The fourth-order valence-corrected chi connectivity index (χ4v) is 1.72. The van der Waals surface area contributed by atoms with Gasteiger partial charge in [0.15, 0.2) is 0 Å². The first-order valence-electron chi connectivity index (χ1n) is 5.49. The summed E-state index contributed by atoms with van der Waals surface area (Å²) >= 11 is 0. The first-order valence-corrected chi connectivity index (χ1v) is 5.49. The molecule has 0 saturated carbocycles. The number of rotatable bonds is 3. The maximum Gasteiger partial charge on any atom is 0.328 e. The van der Waals surface area contributed by atoms with Crippen LogP contribution in [-0.2, 0) is 6.54 Å². The molecule has 0 fully saturated rings. The van der Waals surface area contributed by atoms with Gasteiger partial charge in [0.2, 0.25) is 0 Å². The minimum Gasteiger partial charge on any atom is -0.297 e. The average Bonchev–Trinajstić information content (AvgIpc) is 2.62. The molecule has 16 heavy (non-hydrogen) atoms. The highest BCUT2D eigenvalue weighted by Gasteiger charge is 2.05. The summed E-state index contributed by atoms with van der Waals surface area (Å²) in [5.41, 5.74) is 1.20. The van der Waals surface area contributed by atoms with Crippen molar-refractivity contribution in [1.82, 2.24) is 9.13 Å². The van der Waals surface area contributed by atoms with Crippen molar-refractivity contribution in [3.05, 3.63) is 58.8 Å². The lowest BCUT2D eigenvalue weighted by molar-refractivity contribution is 0.561. The Morgan fingerprint density at radius 3 is 2.38 bits per heavy atom. The van der Waals surface area contributed by atoms with Gasteiger partial charge in [0.25, 0.3) is 0 Å². The third-order valence-electron chi connectivity index (χ3n) is 2.63. The largest absolute Gasteiger partial charge is 0.328 e. The van der Waals surface area contributed by atoms with Gasteiger partial charge >= 0.3 is 5.69 Å². The molecule has 0 radical (unpaired) electrons. The van der Waals surface area contributed by atoms with Gasteiger partial charge in [-0.1, -0.05) is 30.3 Å². The number of imidazole rings is 1. The van der Waals surface area contributed by atoms with Gasteiger partial charge in [0, 0.05) is 18.4 Å². The van der Waals surface area contributed by atoms with Crippen LogP contribution in [0.3, 0.4) is 0 Å². The predicted octanol–water partition coefficient (Wildman–Crippen LogP) is 2.28. The van der Waals surface area contributed by atoms with Crippen LogP contribution in [0.1, 0.15) is 25.5 Å². The molecule has 0 aliphatic heterocycles. The summed E-state index contributed by atoms with van der Waals surface area (Å²) in [6.07, 6.45) is 3.69. The van der Waals surface area contributed by atoms with Crippen molar-refractivity contribution in [3.63, 3.8) is 0 Å². The number of aromatic nitrogens is 2. The SMILES string of the molecule is CC(C)n1ccn(Cc2ccccc2)c1=O. The third kappa shape index (κ3) is 2.08. The molecular weight excluding hydrogens is 200 g/mol. The lowest BCUT2D eigenvalue weighted by Gasteiger charge is -2.05. The summed E-state index contributed by atoms with van der Waals surface area (Å²) in [6, 6.07) is 10.2. The molecule has 0 N–H and O–H groups in total. The average molecular weight is 216 g/mol. The van der Waals surface area contributed by atoms with Crippen molar-refractivity contribution >= 4 is 0 Å². The minimum absolute atomic E-state index is 0.0545. The third-order valence-corrected chi connectivity index (χ3v) is 2.63. The van der Waals surface area contributed by atoms with E-state index in [1.54, 1.807) is 9.13 Å². The molecule has 84 valence electrons. The molecule has 0 saturated heterocycles. The number of hydrogen-bond donors (Lipinski definition) is 0. The van der Waals surface area contributed by atoms with Gasteiger partial charge in [-0.3, -0.25) is 9.13 Å². The second kappa shape index (κ2) is 4.39. The first kappa shape index (κ1) is 10.7. The van der Waals surface area contributed by atoms with E-state index in [0.29, 0.717) is 6.54 Å². The summed E-state index contributed by atoms with van der Waals surface area (Å²) in [5, 5.41) is 0. The Morgan fingerprint density at radius 1 is 1.12 bits per heavy atom. The van der Waals surface area contributed by atoms with Crippen LogP contribution in [0, 0.1) is 0 Å². The standard InChI is InChI=1S/C13H16N2O/c1-11(2)15-9-8-14(13(15)16)10-12-6-4-3-5-7-12/h3-9,11H,10H2,1-2H3. The van der Waals surface area contributed by atoms with E-state index in [9.17, 15) is 4.79 Å². The molecule has 0 atom stereocenters. The van der Waals surface area contributed by atoms with Crippen LogP contribution in [0.25, 0.3) is 0 Å². The first-order chi connectivity index (χ1) is 7.68. The van der Waals surface area contributed by atoms with Crippen molar-refractivity contribution in [2.24, 2.45) is 0 Å². The molecule has 1 aromatic carbocycles. The second-order valence-corrected chi connectivity index (χ2v) is 4.20. The molecule has 2 aromatic rings. The van der Waals surface area contributed by atoms with Crippen LogP contribution < -0.4 is 5.69 Å². The molecular formula is C13H16N2O. The molecule has 0 aliphatic carbocycles. The van der Waals surface area contributed by atoms with Crippen molar-refractivity contribution in [3.8, 4) is 0 Å². The van der Waals surface area contributed by atoms with Crippen molar-refractivity contribution < 1.29 is 0 Å². The Balaban J connectivity index is 2.27. The lowest BCUT2D eigenvalue weighted by Crippen LogP contribution is -2.25. The quantitative estimate of drug-likeness (QED) is 0.773. The Hall–Kier alpha value is -1.77. The summed E-state index contributed by atoms with van der Waals surface area (Å²) in [5.74, 6) is 0. The molecule has 3 heteroatoms. The highest BCUT2D eigenvalue weighted by Crippen LogP contribution is 2.03. The fourth-order valence-electron chi connectivity index (χ4n) is 1.72. The topological polar surface area (TPSA) is 26.9 Å². The van der Waals surface area contributed by atoms with Crippen LogP contribution >= 0.6 is 0 Å². The fraction of sp³-hybridized carbons (Fsp3) is 0.308. The molecule has 0 spiro atoms. The Labute approximate surface area is 95.0 Å². The van der Waals surface area contributed by atoms with Crippen LogP contribution in [-0.4, -0.2) is 9.13 Å². The predicted molar refractivity (Wildman–Crippen MR) is 64.6 cm³/mol. The van der Waals surface area contributed by atoms with Gasteiger partial charge in [0.1, 0.15) is 0 Å². The Bertz CT molecular complexity index is 508. The van der Waals surface area contributed by atoms with Crippen LogP contribution in [0.15, 0.2) is 47.5 Å². The molecule has 0 aliphatic rings. The molecule has 1 aromatic heterocycles. The second-order valence-electron chi connectivity index (χ2n) is 4.20. The monoisotopic (exact) mass is 216 g/mol. The van der Waals surface area contributed by atoms with Crippen molar-refractivity contribution in [1.29, 1.82) is 0 Å². The zero-order valence-electron chi connectivity index (χ0n) is 9.63. The summed E-state index contributed by atoms with van der Waals surface area (Å²) in [7, 11) is 0. The van der Waals surface area contributed by atoms with Crippen LogP contribution in [0.5, 0.6) is 0 Å². The van der Waals surface area contributed by atoms with Gasteiger partial charge in [0.05, 0.1) is 6.54 Å². The molecule has 2 rings (SSSR count). The van der Waals surface area contributed by atoms with E-state index in [4.69, 9.17) is 0 Å². The highest BCUT2D eigenvalue weighted by atomic mass is 16.1. The zero-order chi connectivity index (χ0) is 11.5. The van der Waals surface area contributed by atoms with E-state index < -0.39 is 0 Å². The van der Waals surface area contributed by atoms with Crippen molar-refractivity contribution in [2.75, 3.05) is 0 Å². The van der Waals surface area contributed by atoms with Gasteiger partial charge in [-0.05, 0) is 19.4 Å². The molecule has 0 unspecified atom stereocenters.